The van der Waals surface area contributed by atoms with E-state index in [1.165, 1.54) is 34.8 Å². The molecule has 0 aliphatic carbocycles. The minimum atomic E-state index is -1.31. The van der Waals surface area contributed by atoms with Crippen LogP contribution in [-0.4, -0.2) is 30.3 Å². The molecule has 7 heteroatoms. The third kappa shape index (κ3) is 5.19. The molecule has 0 unspecified atom stereocenters. The summed E-state index contributed by atoms with van der Waals surface area (Å²) in [6.45, 7) is 2.72. The van der Waals surface area contributed by atoms with Crippen molar-refractivity contribution in [2.45, 2.75) is 25.1 Å². The van der Waals surface area contributed by atoms with Gasteiger partial charge in [-0.1, -0.05) is 24.3 Å². The first-order chi connectivity index (χ1) is 15.6. The van der Waals surface area contributed by atoms with Crippen LogP contribution in [0.2, 0.25) is 0 Å². The van der Waals surface area contributed by atoms with Crippen molar-refractivity contribution in [2.75, 3.05) is 20.3 Å². The van der Waals surface area contributed by atoms with Crippen LogP contribution in [0.1, 0.15) is 33.3 Å². The average Bonchev–Trinajstić information content (AvgIpc) is 3.57. The number of benzene rings is 1. The summed E-state index contributed by atoms with van der Waals surface area (Å²) >= 11 is 3.01. The van der Waals surface area contributed by atoms with E-state index in [1.807, 2.05) is 47.2 Å². The summed E-state index contributed by atoms with van der Waals surface area (Å²) in [4.78, 5) is 3.89. The van der Waals surface area contributed by atoms with Crippen LogP contribution in [0.5, 0.6) is 0 Å². The molecule has 0 radical (unpaired) electrons. The fourth-order valence-electron chi connectivity index (χ4n) is 3.71. The highest BCUT2D eigenvalue weighted by molar-refractivity contribution is 7.11. The summed E-state index contributed by atoms with van der Waals surface area (Å²) < 4.78 is 24.7. The third-order valence-electron chi connectivity index (χ3n) is 5.30. The molecule has 0 atom stereocenters. The molecule has 0 aliphatic heterocycles. The fourth-order valence-corrected chi connectivity index (χ4v) is 5.45. The number of furan rings is 1. The highest BCUT2D eigenvalue weighted by Crippen LogP contribution is 2.41. The Bertz CT molecular complexity index is 1040. The van der Waals surface area contributed by atoms with Gasteiger partial charge in [-0.05, 0) is 59.1 Å². The monoisotopic (exact) mass is 471 g/mol. The van der Waals surface area contributed by atoms with Gasteiger partial charge in [-0.2, -0.15) is 0 Å². The Balaban J connectivity index is 1.56. The van der Waals surface area contributed by atoms with Crippen LogP contribution < -0.4 is 0 Å². The van der Waals surface area contributed by atoms with Gasteiger partial charge in [-0.3, -0.25) is 4.90 Å². The molecule has 0 fully saturated rings. The van der Waals surface area contributed by atoms with E-state index in [1.54, 1.807) is 19.2 Å². The topological polar surface area (TPSA) is 45.8 Å². The quantitative estimate of drug-likeness (QED) is 0.278. The van der Waals surface area contributed by atoms with Gasteiger partial charge in [0.25, 0.3) is 0 Å². The molecule has 0 aliphatic rings. The molecule has 0 spiro atoms. The Kier molecular flexibility index (Phi) is 7.55. The molecular weight excluding hydrogens is 445 g/mol. The van der Waals surface area contributed by atoms with E-state index in [0.717, 1.165) is 34.0 Å². The normalized spacial score (nSPS) is 12.0. The number of methoxy groups -OCH3 is 1. The number of halogens is 1. The van der Waals surface area contributed by atoms with Crippen molar-refractivity contribution >= 4 is 22.7 Å². The smallest absolute Gasteiger partial charge is 0.191 e. The molecule has 4 nitrogen and oxygen atoms in total. The zero-order chi connectivity index (χ0) is 22.4. The highest BCUT2D eigenvalue weighted by Gasteiger charge is 2.39. The Morgan fingerprint density at radius 2 is 1.66 bits per heavy atom. The predicted molar refractivity (Wildman–Crippen MR) is 126 cm³/mol. The van der Waals surface area contributed by atoms with Crippen molar-refractivity contribution in [3.05, 3.63) is 104 Å². The lowest BCUT2D eigenvalue weighted by Gasteiger charge is -2.24. The molecule has 32 heavy (non-hydrogen) atoms. The summed E-state index contributed by atoms with van der Waals surface area (Å²) in [5.74, 6) is 1.04. The summed E-state index contributed by atoms with van der Waals surface area (Å²) in [7, 11) is 1.69. The van der Waals surface area contributed by atoms with Crippen LogP contribution in [0.15, 0.2) is 75.8 Å². The first kappa shape index (κ1) is 22.9. The van der Waals surface area contributed by atoms with Gasteiger partial charge in [-0.15, -0.1) is 22.7 Å². The summed E-state index contributed by atoms with van der Waals surface area (Å²) in [5.41, 5.74) is -0.275. The molecule has 4 rings (SSSR count). The lowest BCUT2D eigenvalue weighted by Crippen LogP contribution is -2.26. The number of thiophene rings is 2. The lowest BCUT2D eigenvalue weighted by molar-refractivity contribution is 0.102. The molecule has 3 aromatic heterocycles. The van der Waals surface area contributed by atoms with Crippen molar-refractivity contribution in [3.63, 3.8) is 0 Å². The largest absolute Gasteiger partial charge is 0.461 e. The van der Waals surface area contributed by atoms with E-state index in [0.29, 0.717) is 25.5 Å². The Morgan fingerprint density at radius 3 is 2.25 bits per heavy atom. The minimum Gasteiger partial charge on any atom is -0.461 e. The van der Waals surface area contributed by atoms with Crippen molar-refractivity contribution in [3.8, 4) is 0 Å². The molecular formula is C25H26FNO3S2. The third-order valence-corrected chi connectivity index (χ3v) is 7.25. The van der Waals surface area contributed by atoms with Gasteiger partial charge < -0.3 is 14.3 Å². The van der Waals surface area contributed by atoms with Gasteiger partial charge in [0.15, 0.2) is 5.60 Å². The maximum Gasteiger partial charge on any atom is 0.191 e. The van der Waals surface area contributed by atoms with Gasteiger partial charge in [0.1, 0.15) is 17.3 Å². The predicted octanol–water partition coefficient (Wildman–Crippen LogP) is 5.86. The van der Waals surface area contributed by atoms with E-state index < -0.39 is 5.60 Å². The molecule has 0 bridgehead atoms. The van der Waals surface area contributed by atoms with E-state index in [2.05, 4.69) is 4.90 Å². The molecule has 0 saturated heterocycles. The molecule has 0 saturated carbocycles. The van der Waals surface area contributed by atoms with Crippen molar-refractivity contribution < 1.29 is 18.7 Å². The highest BCUT2D eigenvalue weighted by atomic mass is 32.1. The van der Waals surface area contributed by atoms with E-state index >= 15 is 0 Å². The summed E-state index contributed by atoms with van der Waals surface area (Å²) in [5, 5.41) is 15.7. The minimum absolute atomic E-state index is 0.239. The summed E-state index contributed by atoms with van der Waals surface area (Å²) in [6.07, 6.45) is 0.875. The maximum absolute atomic E-state index is 13.3. The van der Waals surface area contributed by atoms with E-state index in [9.17, 15) is 9.50 Å². The van der Waals surface area contributed by atoms with Crippen molar-refractivity contribution in [1.82, 2.24) is 4.90 Å². The van der Waals surface area contributed by atoms with Gasteiger partial charge in [0, 0.05) is 36.6 Å². The van der Waals surface area contributed by atoms with Gasteiger partial charge in [-0.25, -0.2) is 4.39 Å². The Labute approximate surface area is 195 Å². The number of hydrogen-bond acceptors (Lipinski definition) is 6. The standard InChI is InChI=1S/C25H26FNO3S2/c1-29-14-4-13-27(17-19-7-9-20(26)10-8-19)18-21-11-12-22(30-21)25(28,23-5-2-15-31-23)24-6-3-16-32-24/h2-3,5-12,15-16,28H,4,13-14,17-18H2,1H3. The van der Waals surface area contributed by atoms with Crippen LogP contribution in [-0.2, 0) is 23.4 Å². The molecule has 1 N–H and O–H groups in total. The van der Waals surface area contributed by atoms with Crippen molar-refractivity contribution in [2.24, 2.45) is 0 Å². The van der Waals surface area contributed by atoms with E-state index in [4.69, 9.17) is 9.15 Å². The van der Waals surface area contributed by atoms with E-state index in [-0.39, 0.29) is 5.82 Å². The first-order valence-corrected chi connectivity index (χ1v) is 12.2. The maximum atomic E-state index is 13.3. The van der Waals surface area contributed by atoms with Crippen molar-refractivity contribution in [1.29, 1.82) is 0 Å². The zero-order valence-electron chi connectivity index (χ0n) is 17.9. The van der Waals surface area contributed by atoms with Crippen LogP contribution in [0.25, 0.3) is 0 Å². The first-order valence-electron chi connectivity index (χ1n) is 10.4. The number of hydrogen-bond donors (Lipinski definition) is 1. The molecule has 168 valence electrons. The number of nitrogens with zero attached hydrogens (tertiary/aromatic N) is 1. The zero-order valence-corrected chi connectivity index (χ0v) is 19.5. The van der Waals surface area contributed by atoms with Gasteiger partial charge in [0.05, 0.1) is 6.54 Å². The number of rotatable bonds is 11. The number of ether oxygens (including phenoxy) is 1. The second kappa shape index (κ2) is 10.6. The second-order valence-electron chi connectivity index (χ2n) is 7.61. The van der Waals surface area contributed by atoms with Crippen LogP contribution in [0, 0.1) is 5.82 Å². The van der Waals surface area contributed by atoms with Gasteiger partial charge >= 0.3 is 0 Å². The molecule has 1 aromatic carbocycles. The Morgan fingerprint density at radius 1 is 0.969 bits per heavy atom. The molecule has 3 heterocycles. The summed E-state index contributed by atoms with van der Waals surface area (Å²) in [6, 6.07) is 18.1. The Hall–Kier alpha value is -2.29. The fraction of sp³-hybridized carbons (Fsp3) is 0.280. The second-order valence-corrected chi connectivity index (χ2v) is 9.51. The molecule has 4 aromatic rings. The SMILES string of the molecule is COCCCN(Cc1ccc(F)cc1)Cc1ccc(C(O)(c2cccs2)c2cccs2)o1. The molecule has 0 amide bonds. The lowest BCUT2D eigenvalue weighted by atomic mass is 9.97. The number of aliphatic hydroxyl groups is 1. The average molecular weight is 472 g/mol. The van der Waals surface area contributed by atoms with Crippen LogP contribution >= 0.6 is 22.7 Å². The van der Waals surface area contributed by atoms with Gasteiger partial charge in [0.2, 0.25) is 0 Å². The van der Waals surface area contributed by atoms with Crippen LogP contribution in [0.3, 0.4) is 0 Å². The van der Waals surface area contributed by atoms with Crippen LogP contribution in [0.4, 0.5) is 4.39 Å².